The van der Waals surface area contributed by atoms with E-state index in [9.17, 15) is 9.90 Å². The highest BCUT2D eigenvalue weighted by molar-refractivity contribution is 5.93. The predicted octanol–water partition coefficient (Wildman–Crippen LogP) is 2.50. The highest BCUT2D eigenvalue weighted by atomic mass is 16.5. The van der Waals surface area contributed by atoms with E-state index in [0.717, 1.165) is 62.9 Å². The lowest BCUT2D eigenvalue weighted by molar-refractivity contribution is 0.0697. The molecule has 2 N–H and O–H groups in total. The molecule has 1 heterocycles. The third-order valence-electron chi connectivity index (χ3n) is 3.60. The van der Waals surface area contributed by atoms with Gasteiger partial charge in [-0.1, -0.05) is 0 Å². The van der Waals surface area contributed by atoms with Crippen molar-refractivity contribution in [3.05, 3.63) is 22.9 Å². The summed E-state index contributed by atoms with van der Waals surface area (Å²) in [4.78, 5) is 15.8. The van der Waals surface area contributed by atoms with Crippen molar-refractivity contribution in [1.29, 1.82) is 0 Å². The lowest BCUT2D eigenvalue weighted by Crippen LogP contribution is -2.11. The van der Waals surface area contributed by atoms with Crippen LogP contribution in [0.15, 0.2) is 6.07 Å². The Morgan fingerprint density at radius 1 is 1.40 bits per heavy atom. The van der Waals surface area contributed by atoms with Gasteiger partial charge in [0.25, 0.3) is 0 Å². The Kier molecular flexibility index (Phi) is 5.35. The number of pyridine rings is 1. The Morgan fingerprint density at radius 3 is 3.00 bits per heavy atom. The number of nitrogens with zero attached hydrogens (tertiary/aromatic N) is 1. The van der Waals surface area contributed by atoms with Gasteiger partial charge in [-0.05, 0) is 50.2 Å². The van der Waals surface area contributed by atoms with Gasteiger partial charge in [0.1, 0.15) is 11.4 Å². The van der Waals surface area contributed by atoms with Crippen molar-refractivity contribution < 1.29 is 14.6 Å². The third-order valence-corrected chi connectivity index (χ3v) is 3.60. The molecular formula is C15H22N2O3. The monoisotopic (exact) mass is 278 g/mol. The smallest absolute Gasteiger partial charge is 0.339 e. The standard InChI is InChI=1S/C15H22N2O3/c1-20-9-4-2-3-8-16-14-12(15(18)19)10-11-6-5-7-13(11)17-14/h10H,2-9H2,1H3,(H,16,17)(H,18,19). The van der Waals surface area contributed by atoms with Gasteiger partial charge in [-0.25, -0.2) is 9.78 Å². The van der Waals surface area contributed by atoms with E-state index in [1.807, 2.05) is 0 Å². The van der Waals surface area contributed by atoms with Crippen molar-refractivity contribution >= 4 is 11.8 Å². The SMILES string of the molecule is COCCCCCNc1nc2c(cc1C(=O)O)CCC2. The van der Waals surface area contributed by atoms with Crippen LogP contribution in [0.4, 0.5) is 5.82 Å². The van der Waals surface area contributed by atoms with Crippen molar-refractivity contribution in [3.8, 4) is 0 Å². The lowest BCUT2D eigenvalue weighted by Gasteiger charge is -2.11. The first-order valence-electron chi connectivity index (χ1n) is 7.21. The lowest BCUT2D eigenvalue weighted by atomic mass is 10.1. The van der Waals surface area contributed by atoms with Crippen molar-refractivity contribution in [2.45, 2.75) is 38.5 Å². The van der Waals surface area contributed by atoms with Gasteiger partial charge in [0.05, 0.1) is 0 Å². The minimum absolute atomic E-state index is 0.294. The third kappa shape index (κ3) is 3.70. The van der Waals surface area contributed by atoms with Crippen LogP contribution < -0.4 is 5.32 Å². The molecule has 0 atom stereocenters. The minimum atomic E-state index is -0.908. The Balaban J connectivity index is 1.94. The first kappa shape index (κ1) is 14.8. The number of anilines is 1. The minimum Gasteiger partial charge on any atom is -0.478 e. The molecule has 0 aliphatic heterocycles. The number of aryl methyl sites for hydroxylation is 2. The summed E-state index contributed by atoms with van der Waals surface area (Å²) in [5.41, 5.74) is 2.44. The number of hydrogen-bond acceptors (Lipinski definition) is 4. The number of aromatic nitrogens is 1. The average molecular weight is 278 g/mol. The number of methoxy groups -OCH3 is 1. The summed E-state index contributed by atoms with van der Waals surface area (Å²) in [6, 6.07) is 1.78. The van der Waals surface area contributed by atoms with Crippen LogP contribution in [0, 0.1) is 0 Å². The molecule has 0 saturated carbocycles. The fourth-order valence-corrected chi connectivity index (χ4v) is 2.52. The zero-order valence-electron chi connectivity index (χ0n) is 11.9. The number of unbranched alkanes of at least 4 members (excludes halogenated alkanes) is 2. The molecule has 0 unspecified atom stereocenters. The summed E-state index contributed by atoms with van der Waals surface area (Å²) in [7, 11) is 1.70. The Morgan fingerprint density at radius 2 is 2.25 bits per heavy atom. The molecule has 0 saturated heterocycles. The normalized spacial score (nSPS) is 13.2. The summed E-state index contributed by atoms with van der Waals surface area (Å²) in [6.45, 7) is 1.52. The molecule has 110 valence electrons. The molecule has 0 bridgehead atoms. The van der Waals surface area contributed by atoms with Gasteiger partial charge in [-0.3, -0.25) is 0 Å². The first-order chi connectivity index (χ1) is 9.72. The van der Waals surface area contributed by atoms with E-state index in [1.165, 1.54) is 0 Å². The van der Waals surface area contributed by atoms with E-state index in [0.29, 0.717) is 11.4 Å². The maximum absolute atomic E-state index is 11.3. The number of fused-ring (bicyclic) bond motifs is 1. The second kappa shape index (κ2) is 7.24. The van der Waals surface area contributed by atoms with Crippen LogP contribution in [-0.2, 0) is 17.6 Å². The van der Waals surface area contributed by atoms with Crippen molar-refractivity contribution in [2.75, 3.05) is 25.6 Å². The predicted molar refractivity (Wildman–Crippen MR) is 77.4 cm³/mol. The molecule has 1 aromatic heterocycles. The summed E-state index contributed by atoms with van der Waals surface area (Å²) < 4.78 is 5.00. The van der Waals surface area contributed by atoms with Gasteiger partial charge in [0.15, 0.2) is 0 Å². The second-order valence-corrected chi connectivity index (χ2v) is 5.13. The molecule has 5 heteroatoms. The number of hydrogen-bond donors (Lipinski definition) is 2. The summed E-state index contributed by atoms with van der Waals surface area (Å²) in [6.07, 6.45) is 6.05. The van der Waals surface area contributed by atoms with E-state index in [-0.39, 0.29) is 0 Å². The van der Waals surface area contributed by atoms with E-state index in [4.69, 9.17) is 4.74 Å². The van der Waals surface area contributed by atoms with Crippen molar-refractivity contribution in [3.63, 3.8) is 0 Å². The van der Waals surface area contributed by atoms with E-state index in [1.54, 1.807) is 13.2 Å². The molecule has 2 rings (SSSR count). The zero-order chi connectivity index (χ0) is 14.4. The van der Waals surface area contributed by atoms with Gasteiger partial charge >= 0.3 is 5.97 Å². The molecule has 0 spiro atoms. The largest absolute Gasteiger partial charge is 0.478 e. The number of ether oxygens (including phenoxy) is 1. The maximum Gasteiger partial charge on any atom is 0.339 e. The maximum atomic E-state index is 11.3. The van der Waals surface area contributed by atoms with E-state index >= 15 is 0 Å². The summed E-state index contributed by atoms with van der Waals surface area (Å²) >= 11 is 0. The van der Waals surface area contributed by atoms with Crippen LogP contribution >= 0.6 is 0 Å². The number of carboxylic acid groups (broad SMARTS) is 1. The molecule has 0 aromatic carbocycles. The fourth-order valence-electron chi connectivity index (χ4n) is 2.52. The quantitative estimate of drug-likeness (QED) is 0.715. The molecule has 20 heavy (non-hydrogen) atoms. The van der Waals surface area contributed by atoms with Gasteiger partial charge < -0.3 is 15.2 Å². The molecule has 0 amide bonds. The number of carbonyl (C=O) groups is 1. The highest BCUT2D eigenvalue weighted by Crippen LogP contribution is 2.25. The van der Waals surface area contributed by atoms with Crippen LogP contribution in [0.1, 0.15) is 47.3 Å². The molecule has 0 radical (unpaired) electrons. The molecule has 5 nitrogen and oxygen atoms in total. The van der Waals surface area contributed by atoms with Crippen molar-refractivity contribution in [1.82, 2.24) is 4.98 Å². The van der Waals surface area contributed by atoms with Crippen LogP contribution in [0.25, 0.3) is 0 Å². The molecular weight excluding hydrogens is 256 g/mol. The number of carboxylic acids is 1. The van der Waals surface area contributed by atoms with Crippen LogP contribution in [0.5, 0.6) is 0 Å². The molecule has 0 fully saturated rings. The first-order valence-corrected chi connectivity index (χ1v) is 7.21. The van der Waals surface area contributed by atoms with Crippen LogP contribution in [0.3, 0.4) is 0 Å². The van der Waals surface area contributed by atoms with Gasteiger partial charge in [0.2, 0.25) is 0 Å². The molecule has 1 aliphatic rings. The van der Waals surface area contributed by atoms with Gasteiger partial charge in [0, 0.05) is 26.0 Å². The van der Waals surface area contributed by atoms with Gasteiger partial charge in [-0.15, -0.1) is 0 Å². The molecule has 1 aliphatic carbocycles. The average Bonchev–Trinajstić information content (AvgIpc) is 2.88. The zero-order valence-corrected chi connectivity index (χ0v) is 11.9. The topological polar surface area (TPSA) is 71.5 Å². The van der Waals surface area contributed by atoms with Crippen LogP contribution in [-0.4, -0.2) is 36.3 Å². The van der Waals surface area contributed by atoms with Gasteiger partial charge in [-0.2, -0.15) is 0 Å². The van der Waals surface area contributed by atoms with E-state index in [2.05, 4.69) is 10.3 Å². The second-order valence-electron chi connectivity index (χ2n) is 5.13. The molecule has 1 aromatic rings. The number of rotatable bonds is 8. The Hall–Kier alpha value is -1.62. The van der Waals surface area contributed by atoms with E-state index < -0.39 is 5.97 Å². The Bertz CT molecular complexity index is 474. The number of nitrogens with one attached hydrogen (secondary N) is 1. The number of aromatic carboxylic acids is 1. The van der Waals surface area contributed by atoms with Crippen molar-refractivity contribution in [2.24, 2.45) is 0 Å². The summed E-state index contributed by atoms with van der Waals surface area (Å²) in [5.74, 6) is -0.390. The summed E-state index contributed by atoms with van der Waals surface area (Å²) in [5, 5.41) is 12.4. The fraction of sp³-hybridized carbons (Fsp3) is 0.600. The highest BCUT2D eigenvalue weighted by Gasteiger charge is 2.19. The Labute approximate surface area is 119 Å². The van der Waals surface area contributed by atoms with Crippen LogP contribution in [0.2, 0.25) is 0 Å².